The predicted octanol–water partition coefficient (Wildman–Crippen LogP) is 12.9. The Kier molecular flexibility index (Phi) is 5.78. The van der Waals surface area contributed by atoms with Crippen molar-refractivity contribution in [2.45, 2.75) is 0 Å². The molecule has 0 aliphatic rings. The molecule has 0 spiro atoms. The SMILES string of the molecule is c1ccc(N(c2ccc3sc4ccc5ccccc5c4c3c2)c2ccc3c(c2)c2ccc4ccccc4c2n3-c2ccccc2)cc1. The van der Waals surface area contributed by atoms with Crippen LogP contribution in [-0.2, 0) is 0 Å². The molecule has 10 aromatic rings. The van der Waals surface area contributed by atoms with Crippen LogP contribution in [0.2, 0.25) is 0 Å². The Balaban J connectivity index is 1.25. The maximum absolute atomic E-state index is 2.43. The third-order valence-electron chi connectivity index (χ3n) is 9.52. The molecule has 0 amide bonds. The van der Waals surface area contributed by atoms with Crippen molar-refractivity contribution in [3.63, 3.8) is 0 Å². The summed E-state index contributed by atoms with van der Waals surface area (Å²) in [6.45, 7) is 0. The molecule has 2 aromatic heterocycles. The van der Waals surface area contributed by atoms with Crippen LogP contribution in [0, 0.1) is 0 Å². The quantitative estimate of drug-likeness (QED) is 0.191. The van der Waals surface area contributed by atoms with Crippen molar-refractivity contribution in [2.75, 3.05) is 4.90 Å². The molecule has 0 atom stereocenters. The minimum absolute atomic E-state index is 1.13. The summed E-state index contributed by atoms with van der Waals surface area (Å²) in [5.74, 6) is 0. The lowest BCUT2D eigenvalue weighted by molar-refractivity contribution is 1.18. The Hall–Kier alpha value is -5.90. The van der Waals surface area contributed by atoms with Gasteiger partial charge in [-0.2, -0.15) is 0 Å². The van der Waals surface area contributed by atoms with E-state index in [2.05, 4.69) is 179 Å². The molecule has 0 unspecified atom stereocenters. The van der Waals surface area contributed by atoms with E-state index in [9.17, 15) is 0 Å². The van der Waals surface area contributed by atoms with E-state index in [0.717, 1.165) is 17.1 Å². The molecule has 0 N–H and O–H groups in total. The van der Waals surface area contributed by atoms with Crippen molar-refractivity contribution < 1.29 is 0 Å². The first kappa shape index (κ1) is 26.3. The van der Waals surface area contributed by atoms with Crippen LogP contribution in [0.4, 0.5) is 17.1 Å². The van der Waals surface area contributed by atoms with E-state index in [1.54, 1.807) is 0 Å². The number of aromatic nitrogens is 1. The fraction of sp³-hybridized carbons (Fsp3) is 0. The summed E-state index contributed by atoms with van der Waals surface area (Å²) in [5.41, 5.74) is 7.02. The summed E-state index contributed by atoms with van der Waals surface area (Å²) in [5, 5.41) is 10.2. The molecule has 0 aliphatic carbocycles. The Labute approximate surface area is 276 Å². The molecular weight excluding hydrogens is 589 g/mol. The number of hydrogen-bond donors (Lipinski definition) is 0. The highest BCUT2D eigenvalue weighted by molar-refractivity contribution is 7.26. The van der Waals surface area contributed by atoms with Crippen molar-refractivity contribution >= 4 is 91.9 Å². The molecule has 0 radical (unpaired) electrons. The third kappa shape index (κ3) is 4.04. The van der Waals surface area contributed by atoms with E-state index < -0.39 is 0 Å². The first-order valence-electron chi connectivity index (χ1n) is 16.0. The Morgan fingerprint density at radius 1 is 0.404 bits per heavy atom. The van der Waals surface area contributed by atoms with Gasteiger partial charge in [-0.3, -0.25) is 0 Å². The van der Waals surface area contributed by atoms with Crippen molar-refractivity contribution in [1.82, 2.24) is 4.57 Å². The summed E-state index contributed by atoms with van der Waals surface area (Å²) >= 11 is 1.87. The second-order valence-electron chi connectivity index (χ2n) is 12.2. The van der Waals surface area contributed by atoms with E-state index >= 15 is 0 Å². The van der Waals surface area contributed by atoms with Gasteiger partial charge < -0.3 is 9.47 Å². The fourth-order valence-corrected chi connectivity index (χ4v) is 8.55. The lowest BCUT2D eigenvalue weighted by atomic mass is 10.0. The van der Waals surface area contributed by atoms with Gasteiger partial charge >= 0.3 is 0 Å². The van der Waals surface area contributed by atoms with Gasteiger partial charge in [-0.15, -0.1) is 11.3 Å². The zero-order chi connectivity index (χ0) is 30.9. The van der Waals surface area contributed by atoms with Crippen LogP contribution >= 0.6 is 11.3 Å². The van der Waals surface area contributed by atoms with Crippen molar-refractivity contribution in [2.24, 2.45) is 0 Å². The molecule has 0 fully saturated rings. The first-order valence-corrected chi connectivity index (χ1v) is 16.8. The van der Waals surface area contributed by atoms with Crippen LogP contribution in [0.3, 0.4) is 0 Å². The number of fused-ring (bicyclic) bond motifs is 10. The summed E-state index contributed by atoms with van der Waals surface area (Å²) in [4.78, 5) is 2.40. The smallest absolute Gasteiger partial charge is 0.0619 e. The highest BCUT2D eigenvalue weighted by Gasteiger charge is 2.20. The predicted molar refractivity (Wildman–Crippen MR) is 203 cm³/mol. The van der Waals surface area contributed by atoms with Gasteiger partial charge in [0.1, 0.15) is 0 Å². The van der Waals surface area contributed by atoms with Crippen LogP contribution in [0.15, 0.2) is 170 Å². The van der Waals surface area contributed by atoms with Gasteiger partial charge in [0, 0.05) is 59.1 Å². The number of nitrogens with zero attached hydrogens (tertiary/aromatic N) is 2. The summed E-state index contributed by atoms with van der Waals surface area (Å²) in [7, 11) is 0. The summed E-state index contributed by atoms with van der Waals surface area (Å²) in [6.07, 6.45) is 0. The second-order valence-corrected chi connectivity index (χ2v) is 13.3. The van der Waals surface area contributed by atoms with Gasteiger partial charge in [0.2, 0.25) is 0 Å². The Bertz CT molecular complexity index is 2790. The van der Waals surface area contributed by atoms with Gasteiger partial charge in [0.15, 0.2) is 0 Å². The minimum Gasteiger partial charge on any atom is -0.310 e. The van der Waals surface area contributed by atoms with Crippen LogP contribution < -0.4 is 4.90 Å². The van der Waals surface area contributed by atoms with Gasteiger partial charge in [-0.25, -0.2) is 0 Å². The zero-order valence-corrected chi connectivity index (χ0v) is 26.3. The van der Waals surface area contributed by atoms with E-state index in [-0.39, 0.29) is 0 Å². The molecule has 47 heavy (non-hydrogen) atoms. The molecule has 2 heterocycles. The number of benzene rings is 8. The average molecular weight is 617 g/mol. The normalized spacial score (nSPS) is 11.8. The average Bonchev–Trinajstić information content (AvgIpc) is 3.68. The molecule has 220 valence electrons. The van der Waals surface area contributed by atoms with Gasteiger partial charge in [0.25, 0.3) is 0 Å². The number of para-hydroxylation sites is 2. The molecule has 0 aliphatic heterocycles. The van der Waals surface area contributed by atoms with E-state index in [0.29, 0.717) is 0 Å². The number of anilines is 3. The van der Waals surface area contributed by atoms with Crippen LogP contribution in [-0.4, -0.2) is 4.57 Å². The fourth-order valence-electron chi connectivity index (χ4n) is 7.45. The Morgan fingerprint density at radius 2 is 1.02 bits per heavy atom. The monoisotopic (exact) mass is 616 g/mol. The van der Waals surface area contributed by atoms with Crippen LogP contribution in [0.1, 0.15) is 0 Å². The van der Waals surface area contributed by atoms with Crippen LogP contribution in [0.25, 0.3) is 69.2 Å². The van der Waals surface area contributed by atoms with E-state index in [1.165, 1.54) is 69.2 Å². The van der Waals surface area contributed by atoms with E-state index in [1.807, 2.05) is 11.3 Å². The molecule has 10 rings (SSSR count). The lowest BCUT2D eigenvalue weighted by Gasteiger charge is -2.26. The standard InChI is InChI=1S/C44H28N2S/c1-3-13-31(14-4-1)45(34-22-26-41-39(28-34)43-35-17-9-7-11-29(35)20-25-42(43)47-41)33-21-24-40-38(27-33)37-23-19-30-12-8-10-18-36(30)44(37)46(40)32-15-5-2-6-16-32/h1-28H. The van der Waals surface area contributed by atoms with Gasteiger partial charge in [-0.1, -0.05) is 103 Å². The maximum Gasteiger partial charge on any atom is 0.0619 e. The highest BCUT2D eigenvalue weighted by Crippen LogP contribution is 2.44. The largest absolute Gasteiger partial charge is 0.310 e. The third-order valence-corrected chi connectivity index (χ3v) is 10.7. The second kappa shape index (κ2) is 10.3. The summed E-state index contributed by atoms with van der Waals surface area (Å²) < 4.78 is 5.06. The van der Waals surface area contributed by atoms with Crippen LogP contribution in [0.5, 0.6) is 0 Å². The topological polar surface area (TPSA) is 8.17 Å². The highest BCUT2D eigenvalue weighted by atomic mass is 32.1. The maximum atomic E-state index is 2.43. The molecule has 0 saturated heterocycles. The van der Waals surface area contributed by atoms with Gasteiger partial charge in [0.05, 0.1) is 11.0 Å². The van der Waals surface area contributed by atoms with Crippen molar-refractivity contribution in [1.29, 1.82) is 0 Å². The minimum atomic E-state index is 1.13. The van der Waals surface area contributed by atoms with Crippen molar-refractivity contribution in [3.05, 3.63) is 170 Å². The molecule has 0 bridgehead atoms. The Morgan fingerprint density at radius 3 is 1.83 bits per heavy atom. The zero-order valence-electron chi connectivity index (χ0n) is 25.5. The van der Waals surface area contributed by atoms with Gasteiger partial charge in [-0.05, 0) is 82.9 Å². The molecule has 3 heteroatoms. The number of rotatable bonds is 4. The number of hydrogen-bond acceptors (Lipinski definition) is 2. The lowest BCUT2D eigenvalue weighted by Crippen LogP contribution is -2.09. The molecule has 8 aromatic carbocycles. The van der Waals surface area contributed by atoms with E-state index in [4.69, 9.17) is 0 Å². The molecular formula is C44H28N2S. The molecule has 2 nitrogen and oxygen atoms in total. The molecule has 0 saturated carbocycles. The number of thiophene rings is 1. The summed E-state index contributed by atoms with van der Waals surface area (Å²) in [6, 6.07) is 61.9. The first-order chi connectivity index (χ1) is 23.3. The van der Waals surface area contributed by atoms with Crippen molar-refractivity contribution in [3.8, 4) is 5.69 Å².